The van der Waals surface area contributed by atoms with E-state index in [1.165, 1.54) is 51.7 Å². The number of ether oxygens (including phenoxy) is 4. The number of likely N-dealkylation sites (tertiary alicyclic amines) is 1. The number of benzene rings is 3. The lowest BCUT2D eigenvalue weighted by molar-refractivity contribution is -0.162. The molecule has 2 heterocycles. The summed E-state index contributed by atoms with van der Waals surface area (Å²) in [7, 11) is -0.345. The van der Waals surface area contributed by atoms with Gasteiger partial charge in [0.25, 0.3) is 15.9 Å². The van der Waals surface area contributed by atoms with E-state index in [-0.39, 0.29) is 21.4 Å². The lowest BCUT2D eigenvalue weighted by atomic mass is 9.81. The summed E-state index contributed by atoms with van der Waals surface area (Å²) in [4.78, 5) is 30.4. The first kappa shape index (κ1) is 31.6. The predicted octanol–water partition coefficient (Wildman–Crippen LogP) is 5.15. The summed E-state index contributed by atoms with van der Waals surface area (Å²) in [5, 5.41) is 0.283. The Kier molecular flexibility index (Phi) is 8.34. The number of anilines is 1. The highest BCUT2D eigenvalue weighted by atomic mass is 35.5. The molecule has 2 aliphatic rings. The zero-order valence-corrected chi connectivity index (χ0v) is 27.0. The maximum absolute atomic E-state index is 15.2. The number of hydrogen-bond acceptors (Lipinski definition) is 9. The molecule has 3 aromatic carbocycles. The van der Waals surface area contributed by atoms with Crippen molar-refractivity contribution in [3.8, 4) is 17.2 Å². The van der Waals surface area contributed by atoms with Crippen molar-refractivity contribution in [1.29, 1.82) is 0 Å². The zero-order valence-electron chi connectivity index (χ0n) is 25.4. The van der Waals surface area contributed by atoms with Gasteiger partial charge in [-0.25, -0.2) is 12.7 Å². The SMILES string of the molecule is COc1ccc(S(=O)(=O)N2C(=O)C(c3ccccc3OC)(N3CCC[C@H]3C(=O)OC(C)(C)C)c3cc(Cl)ccc32)c(OC)c1. The molecule has 44 heavy (non-hydrogen) atoms. The highest BCUT2D eigenvalue weighted by molar-refractivity contribution is 7.93. The Hall–Kier alpha value is -3.80. The maximum Gasteiger partial charge on any atom is 0.323 e. The number of nitrogens with zero attached hydrogens (tertiary/aromatic N) is 2. The number of hydrogen-bond donors (Lipinski definition) is 0. The Morgan fingerprint density at radius 1 is 0.932 bits per heavy atom. The second-order valence-electron chi connectivity index (χ2n) is 11.5. The summed E-state index contributed by atoms with van der Waals surface area (Å²) in [6, 6.07) is 14.9. The van der Waals surface area contributed by atoms with E-state index in [1.54, 1.807) is 56.0 Å². The minimum Gasteiger partial charge on any atom is -0.497 e. The molecule has 3 aromatic rings. The number of carbonyl (C=O) groups is 2. The summed E-state index contributed by atoms with van der Waals surface area (Å²) in [5.74, 6) is -0.620. The van der Waals surface area contributed by atoms with Crippen LogP contribution in [-0.4, -0.2) is 64.7 Å². The fraction of sp³-hybridized carbons (Fsp3) is 0.375. The van der Waals surface area contributed by atoms with Gasteiger partial charge in [-0.1, -0.05) is 29.8 Å². The molecule has 1 unspecified atom stereocenters. The number of fused-ring (bicyclic) bond motifs is 1. The molecule has 1 saturated heterocycles. The van der Waals surface area contributed by atoms with Crippen LogP contribution in [-0.2, 0) is 29.9 Å². The molecule has 10 nitrogen and oxygen atoms in total. The number of esters is 1. The van der Waals surface area contributed by atoms with E-state index in [0.29, 0.717) is 42.0 Å². The summed E-state index contributed by atoms with van der Waals surface area (Å²) < 4.78 is 52.2. The van der Waals surface area contributed by atoms with Crippen LogP contribution in [0.3, 0.4) is 0 Å². The standard InChI is InChI=1S/C32H35ClN2O8S/c1-31(2,3)43-29(36)25-11-9-17-34(25)32(22-10-7-8-12-26(22)41-5)23-18-20(33)13-15-24(23)35(30(32)37)44(38,39)28-16-14-21(40-4)19-27(28)42-6/h7-8,10,12-16,18-19,25H,9,11,17H2,1-6H3/t25-,32?/m0/s1. The first-order valence-electron chi connectivity index (χ1n) is 14.1. The van der Waals surface area contributed by atoms with Crippen LogP contribution in [0.15, 0.2) is 65.6 Å². The molecule has 0 aromatic heterocycles. The number of halogens is 1. The van der Waals surface area contributed by atoms with Crippen molar-refractivity contribution in [1.82, 2.24) is 4.90 Å². The predicted molar refractivity (Wildman–Crippen MR) is 165 cm³/mol. The largest absolute Gasteiger partial charge is 0.497 e. The van der Waals surface area contributed by atoms with Gasteiger partial charge in [0.15, 0.2) is 5.54 Å². The Balaban J connectivity index is 1.82. The van der Waals surface area contributed by atoms with E-state index < -0.39 is 39.1 Å². The van der Waals surface area contributed by atoms with Crippen molar-refractivity contribution in [3.05, 3.63) is 76.8 Å². The number of methoxy groups -OCH3 is 3. The third-order valence-corrected chi connectivity index (χ3v) is 9.78. The highest BCUT2D eigenvalue weighted by Crippen LogP contribution is 2.55. The molecule has 0 saturated carbocycles. The maximum atomic E-state index is 15.2. The first-order chi connectivity index (χ1) is 20.8. The molecule has 1 amide bonds. The minimum absolute atomic E-state index is 0.00439. The number of rotatable bonds is 8. The molecule has 0 N–H and O–H groups in total. The van der Waals surface area contributed by atoms with Gasteiger partial charge < -0.3 is 18.9 Å². The molecular formula is C32H35ClN2O8S. The second kappa shape index (κ2) is 11.6. The van der Waals surface area contributed by atoms with Crippen molar-refractivity contribution in [2.45, 2.75) is 55.7 Å². The fourth-order valence-electron chi connectivity index (χ4n) is 6.09. The lowest BCUT2D eigenvalue weighted by Crippen LogP contribution is -2.58. The van der Waals surface area contributed by atoms with Crippen LogP contribution < -0.4 is 18.5 Å². The zero-order chi connectivity index (χ0) is 32.0. The smallest absolute Gasteiger partial charge is 0.323 e. The third kappa shape index (κ3) is 5.06. The Morgan fingerprint density at radius 2 is 1.64 bits per heavy atom. The molecule has 0 aliphatic carbocycles. The summed E-state index contributed by atoms with van der Waals surface area (Å²) in [5.41, 5.74) is -1.85. The van der Waals surface area contributed by atoms with E-state index in [2.05, 4.69) is 0 Å². The Morgan fingerprint density at radius 3 is 2.30 bits per heavy atom. The van der Waals surface area contributed by atoms with E-state index >= 15 is 4.79 Å². The van der Waals surface area contributed by atoms with Gasteiger partial charge in [-0.3, -0.25) is 14.5 Å². The van der Waals surface area contributed by atoms with Crippen molar-refractivity contribution in [2.24, 2.45) is 0 Å². The molecule has 2 atom stereocenters. The number of carbonyl (C=O) groups excluding carboxylic acids is 2. The van der Waals surface area contributed by atoms with E-state index in [0.717, 1.165) is 4.31 Å². The van der Waals surface area contributed by atoms with Gasteiger partial charge in [0.1, 0.15) is 33.8 Å². The molecule has 12 heteroatoms. The van der Waals surface area contributed by atoms with Crippen molar-refractivity contribution < 1.29 is 37.0 Å². The molecular weight excluding hydrogens is 608 g/mol. The number of para-hydroxylation sites is 1. The monoisotopic (exact) mass is 642 g/mol. The van der Waals surface area contributed by atoms with E-state index in [9.17, 15) is 13.2 Å². The lowest BCUT2D eigenvalue weighted by Gasteiger charge is -2.41. The van der Waals surface area contributed by atoms with Crippen LogP contribution in [0, 0.1) is 0 Å². The van der Waals surface area contributed by atoms with Gasteiger partial charge in [-0.15, -0.1) is 0 Å². The fourth-order valence-corrected chi connectivity index (χ4v) is 7.86. The average Bonchev–Trinajstić information content (AvgIpc) is 3.57. The quantitative estimate of drug-likeness (QED) is 0.308. The Bertz CT molecular complexity index is 1720. The van der Waals surface area contributed by atoms with Crippen LogP contribution in [0.5, 0.6) is 17.2 Å². The summed E-state index contributed by atoms with van der Waals surface area (Å²) in [6.07, 6.45) is 0.955. The minimum atomic E-state index is -4.60. The van der Waals surface area contributed by atoms with Crippen LogP contribution >= 0.6 is 11.6 Å². The molecule has 1 fully saturated rings. The van der Waals surface area contributed by atoms with Crippen LogP contribution in [0.1, 0.15) is 44.7 Å². The second-order valence-corrected chi connectivity index (χ2v) is 13.7. The van der Waals surface area contributed by atoms with Crippen LogP contribution in [0.4, 0.5) is 5.69 Å². The molecule has 5 rings (SSSR count). The van der Waals surface area contributed by atoms with Crippen molar-refractivity contribution >= 4 is 39.2 Å². The van der Waals surface area contributed by atoms with Gasteiger partial charge >= 0.3 is 5.97 Å². The van der Waals surface area contributed by atoms with Gasteiger partial charge in [0.05, 0.1) is 27.0 Å². The normalized spacial score (nSPS) is 20.4. The molecule has 0 bridgehead atoms. The molecule has 0 spiro atoms. The van der Waals surface area contributed by atoms with Crippen LogP contribution in [0.2, 0.25) is 5.02 Å². The summed E-state index contributed by atoms with van der Waals surface area (Å²) >= 11 is 6.56. The highest BCUT2D eigenvalue weighted by Gasteiger charge is 2.63. The third-order valence-electron chi connectivity index (χ3n) is 7.81. The first-order valence-corrected chi connectivity index (χ1v) is 15.9. The van der Waals surface area contributed by atoms with Gasteiger partial charge in [-0.05, 0) is 70.0 Å². The molecule has 234 valence electrons. The number of amides is 1. The van der Waals surface area contributed by atoms with E-state index in [1.807, 2.05) is 0 Å². The van der Waals surface area contributed by atoms with Crippen LogP contribution in [0.25, 0.3) is 0 Å². The Labute approximate surface area is 262 Å². The van der Waals surface area contributed by atoms with Crippen molar-refractivity contribution in [2.75, 3.05) is 32.2 Å². The van der Waals surface area contributed by atoms with Crippen molar-refractivity contribution in [3.63, 3.8) is 0 Å². The van der Waals surface area contributed by atoms with E-state index in [4.69, 9.17) is 30.5 Å². The van der Waals surface area contributed by atoms with Gasteiger partial charge in [0.2, 0.25) is 0 Å². The molecule has 2 aliphatic heterocycles. The topological polar surface area (TPSA) is 112 Å². The average molecular weight is 643 g/mol. The van der Waals surface area contributed by atoms with Gasteiger partial charge in [-0.2, -0.15) is 0 Å². The van der Waals surface area contributed by atoms with Gasteiger partial charge in [0, 0.05) is 28.8 Å². The molecule has 0 radical (unpaired) electrons. The summed E-state index contributed by atoms with van der Waals surface area (Å²) in [6.45, 7) is 5.60. The number of sulfonamides is 1.